The van der Waals surface area contributed by atoms with Crippen molar-refractivity contribution >= 4 is 48.7 Å². The quantitative estimate of drug-likeness (QED) is 0.173. The molecule has 18 heteroatoms. The molecule has 1 aliphatic heterocycles. The number of amidine groups is 1. The van der Waals surface area contributed by atoms with Crippen molar-refractivity contribution in [3.63, 3.8) is 0 Å². The van der Waals surface area contributed by atoms with Gasteiger partial charge in [0.25, 0.3) is 5.16 Å². The van der Waals surface area contributed by atoms with Crippen LogP contribution < -0.4 is 20.3 Å². The van der Waals surface area contributed by atoms with E-state index in [0.29, 0.717) is 30.2 Å². The van der Waals surface area contributed by atoms with Gasteiger partial charge in [0, 0.05) is 50.5 Å². The number of aliphatic imine (C=N–C) groups is 1. The van der Waals surface area contributed by atoms with E-state index in [9.17, 15) is 36.9 Å². The first-order valence-corrected chi connectivity index (χ1v) is 15.2. The largest absolute Gasteiger partial charge is 0.480 e. The molecule has 3 rings (SSSR count). The predicted octanol–water partition coefficient (Wildman–Crippen LogP) is 0.296. The number of carbonyl (C=O) groups is 1. The summed E-state index contributed by atoms with van der Waals surface area (Å²) < 4.78 is 53.5. The molecule has 212 valence electrons. The molecule has 1 unspecified atom stereocenters. The molecule has 0 spiro atoms. The summed E-state index contributed by atoms with van der Waals surface area (Å²) in [7, 11) is -4.23. The molecule has 0 saturated heterocycles. The SMILES string of the molecule is CN(C)c1cc(Oc2nc(S(C)(=O)=O)nc(NC(CCS(C)(=O)=O)C(=O)O)c2[N+](=O)[O-])cc(C2=NCCN2)c1. The third kappa shape index (κ3) is 7.73. The highest BCUT2D eigenvalue weighted by Gasteiger charge is 2.33. The van der Waals surface area contributed by atoms with Gasteiger partial charge < -0.3 is 25.4 Å². The zero-order valence-electron chi connectivity index (χ0n) is 21.4. The van der Waals surface area contributed by atoms with Crippen LogP contribution in [0.25, 0.3) is 0 Å². The summed E-state index contributed by atoms with van der Waals surface area (Å²) in [5.41, 5.74) is 0.281. The highest BCUT2D eigenvalue weighted by Crippen LogP contribution is 2.37. The minimum Gasteiger partial charge on any atom is -0.480 e. The van der Waals surface area contributed by atoms with Crippen molar-refractivity contribution in [2.75, 3.05) is 55.7 Å². The average molecular weight is 586 g/mol. The Kier molecular flexibility index (Phi) is 8.59. The Morgan fingerprint density at radius 3 is 2.44 bits per heavy atom. The number of ether oxygens (including phenoxy) is 1. The van der Waals surface area contributed by atoms with Gasteiger partial charge in [-0.2, -0.15) is 9.97 Å². The van der Waals surface area contributed by atoms with Gasteiger partial charge in [-0.15, -0.1) is 0 Å². The molecule has 0 radical (unpaired) electrons. The molecule has 3 N–H and O–H groups in total. The van der Waals surface area contributed by atoms with Crippen LogP contribution in [0.15, 0.2) is 28.3 Å². The summed E-state index contributed by atoms with van der Waals surface area (Å²) in [6, 6.07) is 3.19. The van der Waals surface area contributed by atoms with Crippen LogP contribution in [0.2, 0.25) is 0 Å². The molecule has 2 heterocycles. The van der Waals surface area contributed by atoms with E-state index >= 15 is 0 Å². The maximum absolute atomic E-state index is 12.3. The number of hydrogen-bond donors (Lipinski definition) is 3. The fourth-order valence-corrected chi connectivity index (χ4v) is 4.58. The van der Waals surface area contributed by atoms with Gasteiger partial charge in [0.05, 0.1) is 17.2 Å². The standard InChI is InChI=1S/C21H27N7O9S2/c1-27(2)13-9-12(17-22-6-7-23-17)10-14(11-13)37-19-16(28(31)32)18(25-21(26-19)39(4,35)36)24-15(20(29)30)5-8-38(3,33)34/h9-11,15H,5-8H2,1-4H3,(H,22,23)(H,29,30)(H,24,25,26). The lowest BCUT2D eigenvalue weighted by Crippen LogP contribution is -2.32. The third-order valence-electron chi connectivity index (χ3n) is 5.30. The van der Waals surface area contributed by atoms with Crippen LogP contribution >= 0.6 is 0 Å². The molecule has 0 bridgehead atoms. The summed E-state index contributed by atoms with van der Waals surface area (Å²) >= 11 is 0. The fourth-order valence-electron chi connectivity index (χ4n) is 3.41. The predicted molar refractivity (Wildman–Crippen MR) is 141 cm³/mol. The van der Waals surface area contributed by atoms with Crippen LogP contribution in [-0.2, 0) is 24.5 Å². The number of nitro groups is 1. The minimum atomic E-state index is -4.16. The van der Waals surface area contributed by atoms with E-state index in [1.165, 1.54) is 12.1 Å². The number of anilines is 2. The highest BCUT2D eigenvalue weighted by atomic mass is 32.2. The van der Waals surface area contributed by atoms with Crippen molar-refractivity contribution in [2.24, 2.45) is 4.99 Å². The van der Waals surface area contributed by atoms with Gasteiger partial charge in [-0.1, -0.05) is 0 Å². The summed E-state index contributed by atoms with van der Waals surface area (Å²) in [4.78, 5) is 36.4. The van der Waals surface area contributed by atoms with Crippen molar-refractivity contribution < 1.29 is 36.4 Å². The monoisotopic (exact) mass is 585 g/mol. The smallest absolute Gasteiger partial charge is 0.373 e. The number of aromatic nitrogens is 2. The lowest BCUT2D eigenvalue weighted by molar-refractivity contribution is -0.385. The zero-order valence-corrected chi connectivity index (χ0v) is 23.0. The Morgan fingerprint density at radius 2 is 1.92 bits per heavy atom. The van der Waals surface area contributed by atoms with Crippen LogP contribution in [0.1, 0.15) is 12.0 Å². The normalized spacial score (nSPS) is 14.2. The Labute approximate surface area is 224 Å². The molecule has 1 aliphatic rings. The van der Waals surface area contributed by atoms with E-state index in [1.54, 1.807) is 25.1 Å². The van der Waals surface area contributed by atoms with Crippen molar-refractivity contribution in [3.8, 4) is 11.6 Å². The van der Waals surface area contributed by atoms with Gasteiger partial charge >= 0.3 is 17.5 Å². The summed E-state index contributed by atoms with van der Waals surface area (Å²) in [5.74, 6) is -3.02. The highest BCUT2D eigenvalue weighted by molar-refractivity contribution is 7.90. The average Bonchev–Trinajstić information content (AvgIpc) is 3.34. The number of sulfone groups is 2. The van der Waals surface area contributed by atoms with Crippen LogP contribution in [-0.4, -0.2) is 100 Å². The number of nitrogens with one attached hydrogen (secondary N) is 2. The second-order valence-corrected chi connectivity index (χ2v) is 13.0. The van der Waals surface area contributed by atoms with Gasteiger partial charge in [-0.3, -0.25) is 15.1 Å². The number of carboxylic acids is 1. The van der Waals surface area contributed by atoms with Crippen LogP contribution in [0.4, 0.5) is 17.2 Å². The van der Waals surface area contributed by atoms with Gasteiger partial charge in [-0.25, -0.2) is 21.6 Å². The molecule has 0 saturated carbocycles. The molecular formula is C21H27N7O9S2. The van der Waals surface area contributed by atoms with Crippen molar-refractivity contribution in [3.05, 3.63) is 33.9 Å². The number of aliphatic carboxylic acids is 1. The molecular weight excluding hydrogens is 558 g/mol. The Morgan fingerprint density at radius 1 is 1.23 bits per heavy atom. The van der Waals surface area contributed by atoms with Crippen molar-refractivity contribution in [1.82, 2.24) is 15.3 Å². The molecule has 39 heavy (non-hydrogen) atoms. The second-order valence-electron chi connectivity index (χ2n) is 8.86. The van der Waals surface area contributed by atoms with E-state index in [-0.39, 0.29) is 5.75 Å². The maximum Gasteiger partial charge on any atom is 0.373 e. The summed E-state index contributed by atoms with van der Waals surface area (Å²) in [5, 5.41) is 26.2. The topological polar surface area (TPSA) is 223 Å². The van der Waals surface area contributed by atoms with Gasteiger partial charge in [0.2, 0.25) is 15.7 Å². The molecule has 1 aromatic heterocycles. The van der Waals surface area contributed by atoms with E-state index in [0.717, 1.165) is 12.5 Å². The van der Waals surface area contributed by atoms with E-state index in [2.05, 4.69) is 25.6 Å². The maximum atomic E-state index is 12.3. The fraction of sp³-hybridized carbons (Fsp3) is 0.429. The molecule has 1 atom stereocenters. The summed E-state index contributed by atoms with van der Waals surface area (Å²) in [6.45, 7) is 1.16. The molecule has 0 fully saturated rings. The number of hydrogen-bond acceptors (Lipinski definition) is 14. The van der Waals surface area contributed by atoms with Crippen LogP contribution in [0, 0.1) is 10.1 Å². The number of rotatable bonds is 12. The molecule has 0 aliphatic carbocycles. The van der Waals surface area contributed by atoms with E-state index < -0.39 is 71.3 Å². The van der Waals surface area contributed by atoms with E-state index in [1.807, 2.05) is 0 Å². The lowest BCUT2D eigenvalue weighted by Gasteiger charge is -2.18. The summed E-state index contributed by atoms with van der Waals surface area (Å²) in [6.07, 6.45) is 1.17. The Hall–Kier alpha value is -4.06. The number of benzene rings is 1. The Balaban J connectivity index is 2.16. The third-order valence-corrected chi connectivity index (χ3v) is 7.13. The first kappa shape index (κ1) is 29.5. The molecule has 16 nitrogen and oxygen atoms in total. The zero-order chi connectivity index (χ0) is 29.1. The first-order valence-electron chi connectivity index (χ1n) is 11.3. The number of nitrogens with zero attached hydrogens (tertiary/aromatic N) is 5. The lowest BCUT2D eigenvalue weighted by atomic mass is 10.1. The van der Waals surface area contributed by atoms with Gasteiger partial charge in [0.1, 0.15) is 27.5 Å². The van der Waals surface area contributed by atoms with E-state index in [4.69, 9.17) is 4.74 Å². The molecule has 0 amide bonds. The van der Waals surface area contributed by atoms with Crippen LogP contribution in [0.3, 0.4) is 0 Å². The number of carboxylic acid groups (broad SMARTS) is 1. The van der Waals surface area contributed by atoms with Gasteiger partial charge in [-0.05, 0) is 18.6 Å². The van der Waals surface area contributed by atoms with Crippen molar-refractivity contribution in [1.29, 1.82) is 0 Å². The molecule has 1 aromatic carbocycles. The second kappa shape index (κ2) is 11.4. The van der Waals surface area contributed by atoms with Crippen LogP contribution in [0.5, 0.6) is 11.6 Å². The molecule has 2 aromatic rings. The Bertz CT molecular complexity index is 1540. The van der Waals surface area contributed by atoms with Gasteiger partial charge in [0.15, 0.2) is 0 Å². The minimum absolute atomic E-state index is 0.0478. The van der Waals surface area contributed by atoms with Crippen molar-refractivity contribution in [2.45, 2.75) is 17.6 Å². The first-order chi connectivity index (χ1) is 18.0.